The standard InChI is InChI=1S/C20H14F3N3OS/c21-20(22,23)14-2-1-3-16(10-14)27-15-6-4-13(5-7-15)11-24-19-18-17(8-9-28-18)25-12-26-19/h1-10,12H,11H2,(H,24,25,26). The van der Waals surface area contributed by atoms with Crippen molar-refractivity contribution < 1.29 is 17.9 Å². The summed E-state index contributed by atoms with van der Waals surface area (Å²) in [5.41, 5.74) is 1.14. The molecular weight excluding hydrogens is 387 g/mol. The molecule has 4 nitrogen and oxygen atoms in total. The molecule has 8 heteroatoms. The second kappa shape index (κ2) is 7.47. The molecule has 4 aromatic rings. The summed E-state index contributed by atoms with van der Waals surface area (Å²) in [5, 5.41) is 5.24. The Bertz CT molecular complexity index is 1090. The van der Waals surface area contributed by atoms with Crippen LogP contribution in [0, 0.1) is 0 Å². The number of alkyl halides is 3. The van der Waals surface area contributed by atoms with Crippen molar-refractivity contribution in [3.8, 4) is 11.5 Å². The van der Waals surface area contributed by atoms with Crippen LogP contribution < -0.4 is 10.1 Å². The van der Waals surface area contributed by atoms with E-state index < -0.39 is 11.7 Å². The number of nitrogens with zero attached hydrogens (tertiary/aromatic N) is 2. The highest BCUT2D eigenvalue weighted by atomic mass is 32.1. The molecule has 0 radical (unpaired) electrons. The Balaban J connectivity index is 1.42. The lowest BCUT2D eigenvalue weighted by molar-refractivity contribution is -0.137. The molecule has 0 saturated carbocycles. The largest absolute Gasteiger partial charge is 0.457 e. The fourth-order valence-corrected chi connectivity index (χ4v) is 3.46. The maximum atomic E-state index is 12.8. The Hall–Kier alpha value is -3.13. The van der Waals surface area contributed by atoms with E-state index in [-0.39, 0.29) is 5.75 Å². The first-order valence-corrected chi connectivity index (χ1v) is 9.23. The quantitative estimate of drug-likeness (QED) is 0.438. The topological polar surface area (TPSA) is 47.0 Å². The van der Waals surface area contributed by atoms with Crippen molar-refractivity contribution in [3.05, 3.63) is 77.4 Å². The molecular formula is C20H14F3N3OS. The second-order valence-corrected chi connectivity index (χ2v) is 6.90. The average Bonchev–Trinajstić information content (AvgIpc) is 3.16. The second-order valence-electron chi connectivity index (χ2n) is 5.98. The fraction of sp³-hybridized carbons (Fsp3) is 0.100. The summed E-state index contributed by atoms with van der Waals surface area (Å²) in [6, 6.07) is 13.9. The van der Waals surface area contributed by atoms with Gasteiger partial charge in [-0.15, -0.1) is 11.3 Å². The molecule has 0 saturated heterocycles. The number of benzene rings is 2. The van der Waals surface area contributed by atoms with E-state index in [1.807, 2.05) is 23.6 Å². The molecule has 2 aromatic carbocycles. The van der Waals surface area contributed by atoms with Gasteiger partial charge in [0, 0.05) is 6.54 Å². The summed E-state index contributed by atoms with van der Waals surface area (Å²) in [6.07, 6.45) is -2.88. The molecule has 0 fully saturated rings. The predicted octanol–water partition coefficient (Wildman–Crippen LogP) is 6.11. The van der Waals surface area contributed by atoms with E-state index in [1.165, 1.54) is 18.5 Å². The molecule has 0 aliphatic carbocycles. The summed E-state index contributed by atoms with van der Waals surface area (Å²) < 4.78 is 44.9. The molecule has 0 bridgehead atoms. The smallest absolute Gasteiger partial charge is 0.416 e. The Morgan fingerprint density at radius 3 is 2.57 bits per heavy atom. The van der Waals surface area contributed by atoms with Gasteiger partial charge in [-0.05, 0) is 47.3 Å². The Kier molecular flexibility index (Phi) is 4.87. The molecule has 0 aliphatic rings. The highest BCUT2D eigenvalue weighted by Crippen LogP contribution is 2.32. The van der Waals surface area contributed by atoms with Crippen LogP contribution in [0.3, 0.4) is 0 Å². The summed E-state index contributed by atoms with van der Waals surface area (Å²) in [5.74, 6) is 1.37. The molecule has 1 N–H and O–H groups in total. The van der Waals surface area contributed by atoms with Gasteiger partial charge in [-0.1, -0.05) is 18.2 Å². The molecule has 0 unspecified atom stereocenters. The predicted molar refractivity (Wildman–Crippen MR) is 103 cm³/mol. The minimum atomic E-state index is -4.40. The molecule has 28 heavy (non-hydrogen) atoms. The van der Waals surface area contributed by atoms with Gasteiger partial charge in [0.15, 0.2) is 0 Å². The van der Waals surface area contributed by atoms with Crippen molar-refractivity contribution in [2.45, 2.75) is 12.7 Å². The Morgan fingerprint density at radius 1 is 0.964 bits per heavy atom. The zero-order chi connectivity index (χ0) is 19.6. The van der Waals surface area contributed by atoms with Crippen LogP contribution in [0.1, 0.15) is 11.1 Å². The number of ether oxygens (including phenoxy) is 1. The summed E-state index contributed by atoms with van der Waals surface area (Å²) in [4.78, 5) is 8.47. The van der Waals surface area contributed by atoms with Crippen LogP contribution in [0.5, 0.6) is 11.5 Å². The summed E-state index contributed by atoms with van der Waals surface area (Å²) in [6.45, 7) is 0.549. The van der Waals surface area contributed by atoms with E-state index in [9.17, 15) is 13.2 Å². The number of hydrogen-bond acceptors (Lipinski definition) is 5. The van der Waals surface area contributed by atoms with Crippen LogP contribution in [-0.2, 0) is 12.7 Å². The number of halogens is 3. The lowest BCUT2D eigenvalue weighted by Gasteiger charge is -2.11. The van der Waals surface area contributed by atoms with Crippen molar-refractivity contribution >= 4 is 27.4 Å². The van der Waals surface area contributed by atoms with Gasteiger partial charge in [0.25, 0.3) is 0 Å². The van der Waals surface area contributed by atoms with Gasteiger partial charge in [0.1, 0.15) is 23.6 Å². The van der Waals surface area contributed by atoms with Crippen molar-refractivity contribution in [2.24, 2.45) is 0 Å². The number of anilines is 1. The van der Waals surface area contributed by atoms with Gasteiger partial charge in [-0.3, -0.25) is 0 Å². The zero-order valence-corrected chi connectivity index (χ0v) is 15.2. The van der Waals surface area contributed by atoms with Gasteiger partial charge >= 0.3 is 6.18 Å². The van der Waals surface area contributed by atoms with E-state index in [1.54, 1.807) is 23.5 Å². The third-order valence-electron chi connectivity index (χ3n) is 4.02. The van der Waals surface area contributed by atoms with Gasteiger partial charge in [-0.2, -0.15) is 13.2 Å². The van der Waals surface area contributed by atoms with Gasteiger partial charge in [0.05, 0.1) is 15.8 Å². The first-order chi connectivity index (χ1) is 13.5. The average molecular weight is 401 g/mol. The van der Waals surface area contributed by atoms with E-state index >= 15 is 0 Å². The number of aromatic nitrogens is 2. The van der Waals surface area contributed by atoms with Crippen LogP contribution in [0.2, 0.25) is 0 Å². The number of rotatable bonds is 5. The lowest BCUT2D eigenvalue weighted by atomic mass is 10.2. The molecule has 0 spiro atoms. The Morgan fingerprint density at radius 2 is 1.79 bits per heavy atom. The molecule has 0 amide bonds. The summed E-state index contributed by atoms with van der Waals surface area (Å²) in [7, 11) is 0. The monoisotopic (exact) mass is 401 g/mol. The van der Waals surface area contributed by atoms with E-state index in [4.69, 9.17) is 4.74 Å². The molecule has 0 aliphatic heterocycles. The zero-order valence-electron chi connectivity index (χ0n) is 14.4. The lowest BCUT2D eigenvalue weighted by Crippen LogP contribution is -2.04. The Labute approximate surface area is 162 Å². The van der Waals surface area contributed by atoms with Crippen molar-refractivity contribution in [3.63, 3.8) is 0 Å². The van der Waals surface area contributed by atoms with Crippen molar-refractivity contribution in [2.75, 3.05) is 5.32 Å². The highest BCUT2D eigenvalue weighted by Gasteiger charge is 2.30. The van der Waals surface area contributed by atoms with Crippen molar-refractivity contribution in [1.82, 2.24) is 9.97 Å². The molecule has 142 valence electrons. The van der Waals surface area contributed by atoms with E-state index in [0.717, 1.165) is 33.7 Å². The van der Waals surface area contributed by atoms with Crippen LogP contribution >= 0.6 is 11.3 Å². The number of nitrogens with one attached hydrogen (secondary N) is 1. The number of fused-ring (bicyclic) bond motifs is 1. The third kappa shape index (κ3) is 4.07. The van der Waals surface area contributed by atoms with Gasteiger partial charge < -0.3 is 10.1 Å². The van der Waals surface area contributed by atoms with E-state index in [0.29, 0.717) is 12.3 Å². The van der Waals surface area contributed by atoms with Gasteiger partial charge in [-0.25, -0.2) is 9.97 Å². The van der Waals surface area contributed by atoms with Crippen molar-refractivity contribution in [1.29, 1.82) is 0 Å². The van der Waals surface area contributed by atoms with Gasteiger partial charge in [0.2, 0.25) is 0 Å². The maximum absolute atomic E-state index is 12.8. The van der Waals surface area contributed by atoms with Crippen LogP contribution in [0.15, 0.2) is 66.3 Å². The fourth-order valence-electron chi connectivity index (χ4n) is 2.65. The minimum absolute atomic E-state index is 0.141. The minimum Gasteiger partial charge on any atom is -0.457 e. The van der Waals surface area contributed by atoms with Crippen LogP contribution in [0.25, 0.3) is 10.2 Å². The van der Waals surface area contributed by atoms with Crippen LogP contribution in [0.4, 0.5) is 19.0 Å². The molecule has 0 atom stereocenters. The maximum Gasteiger partial charge on any atom is 0.416 e. The number of hydrogen-bond donors (Lipinski definition) is 1. The van der Waals surface area contributed by atoms with E-state index in [2.05, 4.69) is 15.3 Å². The molecule has 4 rings (SSSR count). The highest BCUT2D eigenvalue weighted by molar-refractivity contribution is 7.17. The molecule has 2 aromatic heterocycles. The first-order valence-electron chi connectivity index (χ1n) is 8.35. The first kappa shape index (κ1) is 18.2. The normalized spacial score (nSPS) is 11.5. The summed E-state index contributed by atoms with van der Waals surface area (Å²) >= 11 is 1.57. The number of thiophene rings is 1. The SMILES string of the molecule is FC(F)(F)c1cccc(Oc2ccc(CNc3ncnc4ccsc34)cc2)c1. The third-order valence-corrected chi connectivity index (χ3v) is 4.93. The van der Waals surface area contributed by atoms with Crippen LogP contribution in [-0.4, -0.2) is 9.97 Å². The molecule has 2 heterocycles.